The Balaban J connectivity index is 1.43. The summed E-state index contributed by atoms with van der Waals surface area (Å²) >= 11 is 2.05. The number of hydrogen-bond acceptors (Lipinski definition) is 3. The predicted octanol–water partition coefficient (Wildman–Crippen LogP) is 6.78. The van der Waals surface area contributed by atoms with Crippen molar-refractivity contribution < 1.29 is 13.9 Å². The zero-order valence-corrected chi connectivity index (χ0v) is 19.8. The van der Waals surface area contributed by atoms with Gasteiger partial charge in [0.25, 0.3) is 5.91 Å². The Labute approximate surface area is 195 Å². The molecule has 0 radical (unpaired) electrons. The van der Waals surface area contributed by atoms with Gasteiger partial charge in [0.2, 0.25) is 0 Å². The third-order valence-corrected chi connectivity index (χ3v) is 8.51. The van der Waals surface area contributed by atoms with Crippen molar-refractivity contribution in [2.24, 2.45) is 5.41 Å². The second-order valence-corrected chi connectivity index (χ2v) is 10.7. The fourth-order valence-electron chi connectivity index (χ4n) is 5.11. The Morgan fingerprint density at radius 1 is 1.09 bits per heavy atom. The average Bonchev–Trinajstić information content (AvgIpc) is 3.19. The number of benzene rings is 2. The van der Waals surface area contributed by atoms with Gasteiger partial charge in [-0.15, -0.1) is 0 Å². The number of hydrogen-bond donors (Lipinski definition) is 0. The highest BCUT2D eigenvalue weighted by Crippen LogP contribution is 2.49. The second-order valence-electron chi connectivity index (χ2n) is 9.44. The van der Waals surface area contributed by atoms with Crippen molar-refractivity contribution in [2.75, 3.05) is 23.8 Å². The van der Waals surface area contributed by atoms with Gasteiger partial charge in [-0.1, -0.05) is 50.3 Å². The Hall–Kier alpha value is -2.01. The van der Waals surface area contributed by atoms with Crippen molar-refractivity contribution in [3.8, 4) is 5.75 Å². The molecule has 1 atom stereocenters. The molecule has 1 aliphatic carbocycles. The van der Waals surface area contributed by atoms with Crippen molar-refractivity contribution in [1.82, 2.24) is 0 Å². The van der Waals surface area contributed by atoms with E-state index in [4.69, 9.17) is 4.74 Å². The third-order valence-electron chi connectivity index (χ3n) is 6.95. The predicted molar refractivity (Wildman–Crippen MR) is 131 cm³/mol. The first-order valence-corrected chi connectivity index (χ1v) is 13.0. The Bertz CT molecular complexity index is 896. The molecule has 1 saturated carbocycles. The summed E-state index contributed by atoms with van der Waals surface area (Å²) in [6.07, 6.45) is 10.7. The molecule has 0 aromatic heterocycles. The Morgan fingerprint density at radius 3 is 2.53 bits per heavy atom. The molecule has 1 saturated heterocycles. The minimum atomic E-state index is -0.268. The lowest BCUT2D eigenvalue weighted by molar-refractivity contribution is -0.120. The quantitative estimate of drug-likeness (QED) is 0.481. The van der Waals surface area contributed by atoms with Crippen LogP contribution in [0.15, 0.2) is 48.5 Å². The van der Waals surface area contributed by atoms with E-state index in [1.807, 2.05) is 47.0 Å². The number of halogens is 1. The van der Waals surface area contributed by atoms with Crippen molar-refractivity contribution >= 4 is 23.4 Å². The van der Waals surface area contributed by atoms with Gasteiger partial charge in [0, 0.05) is 17.5 Å². The molecule has 1 spiro atoms. The van der Waals surface area contributed by atoms with Crippen LogP contribution in [0.5, 0.6) is 5.75 Å². The number of thioether (sulfide) groups is 1. The maximum atomic E-state index is 13.5. The van der Waals surface area contributed by atoms with Gasteiger partial charge < -0.3 is 9.64 Å². The van der Waals surface area contributed by atoms with Crippen molar-refractivity contribution in [1.29, 1.82) is 0 Å². The van der Waals surface area contributed by atoms with Crippen LogP contribution >= 0.6 is 11.8 Å². The van der Waals surface area contributed by atoms with E-state index in [2.05, 4.69) is 0 Å². The van der Waals surface area contributed by atoms with E-state index >= 15 is 0 Å². The van der Waals surface area contributed by atoms with E-state index in [-0.39, 0.29) is 18.3 Å². The first-order chi connectivity index (χ1) is 15.5. The lowest BCUT2D eigenvalue weighted by Crippen LogP contribution is -2.39. The van der Waals surface area contributed by atoms with Gasteiger partial charge in [-0.05, 0) is 73.2 Å². The highest BCUT2D eigenvalue weighted by atomic mass is 32.2. The van der Waals surface area contributed by atoms with E-state index in [1.54, 1.807) is 19.1 Å². The zero-order chi connectivity index (χ0) is 22.4. The molecule has 1 heterocycles. The maximum Gasteiger partial charge on any atom is 0.264 e. The largest absolute Gasteiger partial charge is 0.484 e. The molecule has 2 aromatic rings. The lowest BCUT2D eigenvalue weighted by atomic mass is 9.75. The number of aryl methyl sites for hydroxylation is 1. The second kappa shape index (κ2) is 10.7. The van der Waals surface area contributed by atoms with Gasteiger partial charge in [-0.25, -0.2) is 4.39 Å². The minimum Gasteiger partial charge on any atom is -0.484 e. The van der Waals surface area contributed by atoms with E-state index < -0.39 is 0 Å². The number of anilines is 1. The maximum absolute atomic E-state index is 13.5. The van der Waals surface area contributed by atoms with Crippen LogP contribution in [-0.2, 0) is 4.79 Å². The molecule has 1 aliphatic heterocycles. The standard InChI is InChI=1S/C27H34FNO2S/c1-21-16-23(12-13-25(21)28)31-19-26(30)29(22-10-6-5-7-11-22)18-24-17-27(20-32-24)14-8-3-2-4-9-15-27/h5-7,10-13,16,24H,2-4,8-9,14-15,17-20H2,1H3. The summed E-state index contributed by atoms with van der Waals surface area (Å²) in [6, 6.07) is 14.5. The number of amides is 1. The molecule has 0 N–H and O–H groups in total. The van der Waals surface area contributed by atoms with Gasteiger partial charge >= 0.3 is 0 Å². The molecular weight excluding hydrogens is 421 g/mol. The number of carbonyl (C=O) groups excluding carboxylic acids is 1. The Kier molecular flexibility index (Phi) is 7.77. The van der Waals surface area contributed by atoms with Crippen molar-refractivity contribution in [2.45, 2.75) is 63.5 Å². The summed E-state index contributed by atoms with van der Waals surface area (Å²) in [7, 11) is 0. The van der Waals surface area contributed by atoms with Crippen molar-refractivity contribution in [3.63, 3.8) is 0 Å². The number of nitrogens with zero attached hydrogens (tertiary/aromatic N) is 1. The topological polar surface area (TPSA) is 29.5 Å². The minimum absolute atomic E-state index is 0.0531. The average molecular weight is 456 g/mol. The summed E-state index contributed by atoms with van der Waals surface area (Å²) in [4.78, 5) is 15.1. The monoisotopic (exact) mass is 455 g/mol. The number of para-hydroxylation sites is 1. The molecular formula is C27H34FNO2S. The van der Waals surface area contributed by atoms with Gasteiger partial charge in [-0.2, -0.15) is 11.8 Å². The van der Waals surface area contributed by atoms with Gasteiger partial charge in [0.05, 0.1) is 0 Å². The summed E-state index contributed by atoms with van der Waals surface area (Å²) in [6.45, 7) is 2.35. The summed E-state index contributed by atoms with van der Waals surface area (Å²) in [5.41, 5.74) is 1.89. The molecule has 1 unspecified atom stereocenters. The molecule has 1 amide bonds. The van der Waals surface area contributed by atoms with Crippen LogP contribution in [0, 0.1) is 18.2 Å². The van der Waals surface area contributed by atoms with Crippen LogP contribution in [0.25, 0.3) is 0 Å². The van der Waals surface area contributed by atoms with Crippen LogP contribution in [0.2, 0.25) is 0 Å². The van der Waals surface area contributed by atoms with Crippen molar-refractivity contribution in [3.05, 3.63) is 59.9 Å². The van der Waals surface area contributed by atoms with Crippen LogP contribution in [0.1, 0.15) is 56.9 Å². The fourth-order valence-corrected chi connectivity index (χ4v) is 6.83. The third kappa shape index (κ3) is 5.86. The number of rotatable bonds is 6. The van der Waals surface area contributed by atoms with Crippen LogP contribution in [0.3, 0.4) is 0 Å². The molecule has 5 heteroatoms. The molecule has 32 heavy (non-hydrogen) atoms. The first kappa shape index (κ1) is 23.2. The van der Waals surface area contributed by atoms with E-state index in [9.17, 15) is 9.18 Å². The first-order valence-electron chi connectivity index (χ1n) is 11.9. The van der Waals surface area contributed by atoms with E-state index in [1.165, 1.54) is 63.2 Å². The molecule has 2 fully saturated rings. The molecule has 4 rings (SSSR count). The SMILES string of the molecule is Cc1cc(OCC(=O)N(CC2CC3(CCCCCCC3)CS2)c2ccccc2)ccc1F. The normalized spacial score (nSPS) is 20.5. The highest BCUT2D eigenvalue weighted by molar-refractivity contribution is 8.00. The summed E-state index contributed by atoms with van der Waals surface area (Å²) in [5.74, 6) is 1.42. The smallest absolute Gasteiger partial charge is 0.264 e. The molecule has 3 nitrogen and oxygen atoms in total. The zero-order valence-electron chi connectivity index (χ0n) is 19.0. The fraction of sp³-hybridized carbons (Fsp3) is 0.519. The number of ether oxygens (including phenoxy) is 1. The van der Waals surface area contributed by atoms with Crippen LogP contribution in [-0.4, -0.2) is 30.1 Å². The molecule has 0 bridgehead atoms. The number of carbonyl (C=O) groups is 1. The molecule has 2 aliphatic rings. The Morgan fingerprint density at radius 2 is 1.81 bits per heavy atom. The summed E-state index contributed by atoms with van der Waals surface area (Å²) < 4.78 is 19.3. The van der Waals surface area contributed by atoms with Gasteiger partial charge in [-0.3, -0.25) is 4.79 Å². The molecule has 172 valence electrons. The van der Waals surface area contributed by atoms with E-state index in [0.29, 0.717) is 28.5 Å². The van der Waals surface area contributed by atoms with Crippen LogP contribution < -0.4 is 9.64 Å². The summed E-state index contributed by atoms with van der Waals surface area (Å²) in [5, 5.41) is 0.451. The molecule has 2 aromatic carbocycles. The lowest BCUT2D eigenvalue weighted by Gasteiger charge is -2.31. The van der Waals surface area contributed by atoms with E-state index in [0.717, 1.165) is 5.69 Å². The van der Waals surface area contributed by atoms with Crippen LogP contribution in [0.4, 0.5) is 10.1 Å². The van der Waals surface area contributed by atoms with Gasteiger partial charge in [0.1, 0.15) is 11.6 Å². The highest BCUT2D eigenvalue weighted by Gasteiger charge is 2.40. The van der Waals surface area contributed by atoms with Gasteiger partial charge in [0.15, 0.2) is 6.61 Å².